The Labute approximate surface area is 170 Å². The van der Waals surface area contributed by atoms with Crippen LogP contribution in [0.5, 0.6) is 11.5 Å². The molecule has 28 heavy (non-hydrogen) atoms. The minimum Gasteiger partial charge on any atom is -0.493 e. The number of carbonyl (C=O) groups is 1. The number of carboxylic acid groups (broad SMARTS) is 1. The molecule has 0 aliphatic rings. The largest absolute Gasteiger partial charge is 0.493 e. The molecule has 0 bridgehead atoms. The lowest BCUT2D eigenvalue weighted by atomic mass is 10.2. The zero-order chi connectivity index (χ0) is 20.1. The van der Waals surface area contributed by atoms with Gasteiger partial charge in [0.1, 0.15) is 12.4 Å². The van der Waals surface area contributed by atoms with Gasteiger partial charge in [0.2, 0.25) is 5.76 Å². The topological polar surface area (TPSA) is 81.3 Å². The average molecular weight is 420 g/mol. The van der Waals surface area contributed by atoms with Crippen LogP contribution in [0.1, 0.15) is 21.9 Å². The van der Waals surface area contributed by atoms with Gasteiger partial charge in [0, 0.05) is 6.21 Å². The van der Waals surface area contributed by atoms with E-state index in [1.165, 1.54) is 13.2 Å². The van der Waals surface area contributed by atoms with E-state index in [2.05, 4.69) is 4.99 Å². The van der Waals surface area contributed by atoms with Gasteiger partial charge in [-0.25, -0.2) is 4.79 Å². The summed E-state index contributed by atoms with van der Waals surface area (Å²) >= 11 is 11.9. The van der Waals surface area contributed by atoms with E-state index >= 15 is 0 Å². The van der Waals surface area contributed by atoms with Crippen LogP contribution in [0.3, 0.4) is 0 Å². The predicted octanol–water partition coefficient (Wildman–Crippen LogP) is 5.62. The first kappa shape index (κ1) is 19.8. The number of aliphatic imine (C=N–C) groups is 1. The lowest BCUT2D eigenvalue weighted by Crippen LogP contribution is -1.98. The predicted molar refractivity (Wildman–Crippen MR) is 107 cm³/mol. The van der Waals surface area contributed by atoms with E-state index in [1.54, 1.807) is 42.6 Å². The second kappa shape index (κ2) is 8.82. The molecule has 1 N–H and O–H groups in total. The van der Waals surface area contributed by atoms with Gasteiger partial charge >= 0.3 is 5.97 Å². The smallest absolute Gasteiger partial charge is 0.371 e. The van der Waals surface area contributed by atoms with Gasteiger partial charge in [-0.2, -0.15) is 0 Å². The molecule has 0 saturated carbocycles. The van der Waals surface area contributed by atoms with Crippen molar-refractivity contribution >= 4 is 41.1 Å². The van der Waals surface area contributed by atoms with E-state index in [9.17, 15) is 4.79 Å². The summed E-state index contributed by atoms with van der Waals surface area (Å²) in [6, 6.07) is 13.3. The zero-order valence-corrected chi connectivity index (χ0v) is 16.2. The summed E-state index contributed by atoms with van der Waals surface area (Å²) in [4.78, 5) is 15.2. The molecule has 8 heteroatoms. The molecule has 0 amide bonds. The second-order valence-electron chi connectivity index (χ2n) is 5.63. The number of aromatic carboxylic acids is 1. The van der Waals surface area contributed by atoms with Gasteiger partial charge < -0.3 is 19.0 Å². The van der Waals surface area contributed by atoms with Crippen LogP contribution in [0, 0.1) is 0 Å². The Morgan fingerprint density at radius 2 is 1.93 bits per heavy atom. The van der Waals surface area contributed by atoms with E-state index in [0.29, 0.717) is 33.0 Å². The Balaban J connectivity index is 1.71. The first-order valence-electron chi connectivity index (χ1n) is 8.08. The highest BCUT2D eigenvalue weighted by atomic mass is 35.5. The van der Waals surface area contributed by atoms with Crippen LogP contribution in [-0.2, 0) is 6.61 Å². The van der Waals surface area contributed by atoms with Crippen molar-refractivity contribution in [3.8, 4) is 11.5 Å². The molecule has 1 aromatic heterocycles. The van der Waals surface area contributed by atoms with Gasteiger partial charge in [0.05, 0.1) is 22.8 Å². The van der Waals surface area contributed by atoms with Crippen LogP contribution in [-0.4, -0.2) is 24.4 Å². The van der Waals surface area contributed by atoms with E-state index in [-0.39, 0.29) is 12.4 Å². The van der Waals surface area contributed by atoms with Gasteiger partial charge in [0.15, 0.2) is 11.5 Å². The van der Waals surface area contributed by atoms with Crippen molar-refractivity contribution in [2.45, 2.75) is 6.61 Å². The highest BCUT2D eigenvalue weighted by molar-refractivity contribution is 6.42. The standard InChI is InChI=1S/C20H15Cl2NO5/c1-26-19-8-12(10-23-13-3-5-15(21)16(22)9-13)2-6-17(19)27-11-14-4-7-18(28-14)20(24)25/h2-10H,11H2,1H3,(H,24,25). The Morgan fingerprint density at radius 1 is 1.11 bits per heavy atom. The molecular weight excluding hydrogens is 405 g/mol. The van der Waals surface area contributed by atoms with Crippen molar-refractivity contribution in [3.63, 3.8) is 0 Å². The van der Waals surface area contributed by atoms with Crippen LogP contribution < -0.4 is 9.47 Å². The van der Waals surface area contributed by atoms with Crippen molar-refractivity contribution in [1.82, 2.24) is 0 Å². The van der Waals surface area contributed by atoms with Crippen LogP contribution in [0.15, 0.2) is 57.9 Å². The Hall–Kier alpha value is -2.96. The van der Waals surface area contributed by atoms with Gasteiger partial charge in [-0.15, -0.1) is 0 Å². The molecule has 3 rings (SSSR count). The van der Waals surface area contributed by atoms with Gasteiger partial charge in [0.25, 0.3) is 0 Å². The number of methoxy groups -OCH3 is 1. The summed E-state index contributed by atoms with van der Waals surface area (Å²) in [6.07, 6.45) is 1.66. The Morgan fingerprint density at radius 3 is 2.61 bits per heavy atom. The quantitative estimate of drug-likeness (QED) is 0.502. The maximum absolute atomic E-state index is 10.8. The Bertz CT molecular complexity index is 1030. The molecule has 0 spiro atoms. The fraction of sp³-hybridized carbons (Fsp3) is 0.100. The minimum atomic E-state index is -1.13. The molecule has 144 valence electrons. The maximum atomic E-state index is 10.8. The van der Waals surface area contributed by atoms with Crippen molar-refractivity contribution in [2.75, 3.05) is 7.11 Å². The third-order valence-corrected chi connectivity index (χ3v) is 4.43. The summed E-state index contributed by atoms with van der Waals surface area (Å²) in [5.41, 5.74) is 1.46. The van der Waals surface area contributed by atoms with Crippen molar-refractivity contribution in [1.29, 1.82) is 0 Å². The molecule has 0 fully saturated rings. The number of rotatable bonds is 7. The molecular formula is C20H15Cl2NO5. The van der Waals surface area contributed by atoms with E-state index in [4.69, 9.17) is 42.2 Å². The molecule has 0 radical (unpaired) electrons. The highest BCUT2D eigenvalue weighted by Crippen LogP contribution is 2.30. The third kappa shape index (κ3) is 4.85. The molecule has 1 heterocycles. The Kier molecular flexibility index (Phi) is 6.23. The van der Waals surface area contributed by atoms with Crippen LogP contribution >= 0.6 is 23.2 Å². The summed E-state index contributed by atoms with van der Waals surface area (Å²) in [6.45, 7) is 0.0698. The molecule has 6 nitrogen and oxygen atoms in total. The second-order valence-corrected chi connectivity index (χ2v) is 6.44. The fourth-order valence-electron chi connectivity index (χ4n) is 2.32. The van der Waals surface area contributed by atoms with Gasteiger partial charge in [-0.1, -0.05) is 23.2 Å². The molecule has 0 atom stereocenters. The van der Waals surface area contributed by atoms with Gasteiger partial charge in [-0.05, 0) is 54.1 Å². The minimum absolute atomic E-state index is 0.0698. The monoisotopic (exact) mass is 419 g/mol. The van der Waals surface area contributed by atoms with Crippen LogP contribution in [0.25, 0.3) is 0 Å². The van der Waals surface area contributed by atoms with Crippen molar-refractivity contribution in [2.24, 2.45) is 4.99 Å². The highest BCUT2D eigenvalue weighted by Gasteiger charge is 2.11. The zero-order valence-electron chi connectivity index (χ0n) is 14.7. The van der Waals surface area contributed by atoms with Crippen molar-refractivity contribution < 1.29 is 23.8 Å². The molecule has 0 saturated heterocycles. The molecule has 3 aromatic rings. The molecule has 2 aromatic carbocycles. The number of carboxylic acids is 1. The summed E-state index contributed by atoms with van der Waals surface area (Å²) in [5.74, 6) is 0.115. The lowest BCUT2D eigenvalue weighted by Gasteiger charge is -2.10. The average Bonchev–Trinajstić information content (AvgIpc) is 3.17. The first-order valence-corrected chi connectivity index (χ1v) is 8.84. The maximum Gasteiger partial charge on any atom is 0.371 e. The van der Waals surface area contributed by atoms with Crippen LogP contribution in [0.4, 0.5) is 5.69 Å². The van der Waals surface area contributed by atoms with E-state index < -0.39 is 5.97 Å². The summed E-state index contributed by atoms with van der Waals surface area (Å²) in [7, 11) is 1.53. The molecule has 0 unspecified atom stereocenters. The number of ether oxygens (including phenoxy) is 2. The van der Waals surface area contributed by atoms with Gasteiger partial charge in [-0.3, -0.25) is 4.99 Å². The normalized spacial score (nSPS) is 11.0. The van der Waals surface area contributed by atoms with Crippen molar-refractivity contribution in [3.05, 3.63) is 75.7 Å². The van der Waals surface area contributed by atoms with E-state index in [1.807, 2.05) is 6.07 Å². The summed E-state index contributed by atoms with van der Waals surface area (Å²) < 4.78 is 16.2. The number of halogens is 2. The number of nitrogens with zero attached hydrogens (tertiary/aromatic N) is 1. The van der Waals surface area contributed by atoms with E-state index in [0.717, 1.165) is 5.56 Å². The SMILES string of the molecule is COc1cc(C=Nc2ccc(Cl)c(Cl)c2)ccc1OCc1ccc(C(=O)O)o1. The fourth-order valence-corrected chi connectivity index (χ4v) is 2.61. The number of furan rings is 1. The number of benzene rings is 2. The molecule has 0 aliphatic carbocycles. The first-order chi connectivity index (χ1) is 13.5. The lowest BCUT2D eigenvalue weighted by molar-refractivity contribution is 0.0658. The van der Waals surface area contributed by atoms with Crippen LogP contribution in [0.2, 0.25) is 10.0 Å². The third-order valence-electron chi connectivity index (χ3n) is 3.70. The number of hydrogen-bond donors (Lipinski definition) is 1. The number of hydrogen-bond acceptors (Lipinski definition) is 5. The molecule has 0 aliphatic heterocycles. The summed E-state index contributed by atoms with van der Waals surface area (Å²) in [5, 5.41) is 9.78.